The summed E-state index contributed by atoms with van der Waals surface area (Å²) in [7, 11) is 1.66. The van der Waals surface area contributed by atoms with E-state index in [1.54, 1.807) is 7.11 Å². The normalized spacial score (nSPS) is 12.8. The number of hydrogen-bond donors (Lipinski definition) is 1. The lowest BCUT2D eigenvalue weighted by molar-refractivity contribution is -0.130. The summed E-state index contributed by atoms with van der Waals surface area (Å²) in [5.41, 5.74) is -0.645. The molecule has 0 aromatic carbocycles. The number of halogens is 1. The van der Waals surface area contributed by atoms with Gasteiger partial charge in [0.2, 0.25) is 5.91 Å². The average Bonchev–Trinajstić information content (AvgIpc) is 2.01. The fourth-order valence-electron chi connectivity index (χ4n) is 1.34. The Kier molecular flexibility index (Phi) is 4.65. The van der Waals surface area contributed by atoms with Crippen LogP contribution in [0.25, 0.3) is 0 Å². The zero-order chi connectivity index (χ0) is 10.7. The van der Waals surface area contributed by atoms with Gasteiger partial charge in [-0.05, 0) is 20.3 Å². The van der Waals surface area contributed by atoms with E-state index in [1.807, 2.05) is 50.6 Å². The molecule has 0 rings (SSSR count). The Bertz CT molecular complexity index is 190. The Morgan fingerprint density at radius 1 is 1.38 bits per heavy atom. The zero-order valence-electron chi connectivity index (χ0n) is 8.90. The Hall–Kier alpha value is 0.160. The minimum Gasteiger partial charge on any atom is -0.379 e. The summed E-state index contributed by atoms with van der Waals surface area (Å²) < 4.78 is 7.91. The third kappa shape index (κ3) is 4.26. The monoisotopic (exact) mass is 299 g/mol. The minimum atomic E-state index is -0.388. The number of hydrogen-bond acceptors (Lipinski definition) is 2. The van der Waals surface area contributed by atoms with E-state index in [4.69, 9.17) is 4.74 Å². The van der Waals surface area contributed by atoms with Crippen molar-refractivity contribution in [2.75, 3.05) is 7.11 Å². The molecule has 4 heteroatoms. The lowest BCUT2D eigenvalue weighted by atomic mass is 9.81. The highest BCUT2D eigenvalue weighted by molar-refractivity contribution is 14.1. The molecule has 0 saturated heterocycles. The van der Waals surface area contributed by atoms with E-state index in [-0.39, 0.29) is 16.9 Å². The molecular formula is C9H18INO2. The maximum absolute atomic E-state index is 11.5. The third-order valence-corrected chi connectivity index (χ3v) is 2.61. The van der Waals surface area contributed by atoms with Crippen LogP contribution in [0.1, 0.15) is 34.1 Å². The van der Waals surface area contributed by atoms with Crippen molar-refractivity contribution in [2.24, 2.45) is 5.41 Å². The van der Waals surface area contributed by atoms with Crippen molar-refractivity contribution in [3.63, 3.8) is 0 Å². The molecule has 1 N–H and O–H groups in total. The van der Waals surface area contributed by atoms with Crippen LogP contribution in [0.3, 0.4) is 0 Å². The van der Waals surface area contributed by atoms with Gasteiger partial charge in [0.25, 0.3) is 0 Å². The predicted octanol–water partition coefficient (Wildman–Crippen LogP) is 2.29. The van der Waals surface area contributed by atoms with Crippen molar-refractivity contribution in [1.29, 1.82) is 0 Å². The third-order valence-electron chi connectivity index (χ3n) is 2.12. The highest BCUT2D eigenvalue weighted by atomic mass is 127. The van der Waals surface area contributed by atoms with Gasteiger partial charge in [0.05, 0.1) is 28.5 Å². The van der Waals surface area contributed by atoms with E-state index in [0.29, 0.717) is 6.42 Å². The Morgan fingerprint density at radius 2 is 1.85 bits per heavy atom. The van der Waals surface area contributed by atoms with E-state index in [0.717, 1.165) is 0 Å². The van der Waals surface area contributed by atoms with Gasteiger partial charge in [0.1, 0.15) is 0 Å². The molecule has 1 amide bonds. The number of nitrogens with one attached hydrogen (secondary N) is 1. The van der Waals surface area contributed by atoms with Crippen LogP contribution in [-0.2, 0) is 9.53 Å². The number of carbonyl (C=O) groups is 1. The summed E-state index contributed by atoms with van der Waals surface area (Å²) in [6.07, 6.45) is 0.700. The Labute approximate surface area is 94.1 Å². The number of carbonyl (C=O) groups excluding carboxylic acids is 1. The first-order valence-electron chi connectivity index (χ1n) is 4.21. The van der Waals surface area contributed by atoms with Crippen molar-refractivity contribution in [2.45, 2.75) is 39.7 Å². The topological polar surface area (TPSA) is 38.3 Å². The molecule has 0 fully saturated rings. The first-order valence-corrected chi connectivity index (χ1v) is 5.29. The number of amides is 1. The van der Waals surface area contributed by atoms with Crippen LogP contribution in [0.2, 0.25) is 0 Å². The molecule has 0 atom stereocenters. The molecule has 0 aromatic rings. The van der Waals surface area contributed by atoms with Crippen LogP contribution in [0, 0.1) is 5.41 Å². The van der Waals surface area contributed by atoms with E-state index >= 15 is 0 Å². The van der Waals surface area contributed by atoms with Crippen LogP contribution >= 0.6 is 22.9 Å². The van der Waals surface area contributed by atoms with E-state index in [9.17, 15) is 4.79 Å². The minimum absolute atomic E-state index is 0.0400. The molecule has 0 aliphatic carbocycles. The summed E-state index contributed by atoms with van der Waals surface area (Å²) in [6.45, 7) is 7.80. The number of rotatable bonds is 4. The highest BCUT2D eigenvalue weighted by Crippen LogP contribution is 2.30. The molecule has 13 heavy (non-hydrogen) atoms. The van der Waals surface area contributed by atoms with Gasteiger partial charge in [-0.15, -0.1) is 0 Å². The van der Waals surface area contributed by atoms with Gasteiger partial charge in [-0.1, -0.05) is 13.8 Å². The van der Waals surface area contributed by atoms with Gasteiger partial charge in [-0.2, -0.15) is 0 Å². The van der Waals surface area contributed by atoms with Gasteiger partial charge in [0.15, 0.2) is 0 Å². The molecule has 0 aliphatic heterocycles. The van der Waals surface area contributed by atoms with Crippen molar-refractivity contribution >= 4 is 28.8 Å². The summed E-state index contributed by atoms with van der Waals surface area (Å²) in [5.74, 6) is 0.0400. The largest absolute Gasteiger partial charge is 0.379 e. The standard InChI is InChI=1S/C9H18INO2/c1-8(2,7(12)11-10)6-9(3,4)13-5/h6H2,1-5H3,(H,11,12). The SMILES string of the molecule is COC(C)(C)CC(C)(C)C(=O)NI. The molecule has 0 radical (unpaired) electrons. The van der Waals surface area contributed by atoms with Crippen LogP contribution in [-0.4, -0.2) is 18.6 Å². The van der Waals surface area contributed by atoms with Crippen LogP contribution in [0.5, 0.6) is 0 Å². The zero-order valence-corrected chi connectivity index (χ0v) is 11.1. The summed E-state index contributed by atoms with van der Waals surface area (Å²) in [6, 6.07) is 0. The van der Waals surface area contributed by atoms with Crippen molar-refractivity contribution in [3.8, 4) is 0 Å². The Balaban J connectivity index is 4.41. The van der Waals surface area contributed by atoms with Crippen molar-refractivity contribution < 1.29 is 9.53 Å². The molecule has 0 spiro atoms. The second-order valence-electron chi connectivity index (χ2n) is 4.45. The molecule has 0 heterocycles. The number of methoxy groups -OCH3 is 1. The van der Waals surface area contributed by atoms with E-state index in [1.165, 1.54) is 0 Å². The van der Waals surface area contributed by atoms with Crippen LogP contribution < -0.4 is 3.53 Å². The fraction of sp³-hybridized carbons (Fsp3) is 0.889. The van der Waals surface area contributed by atoms with Gasteiger partial charge < -0.3 is 4.74 Å². The smallest absolute Gasteiger partial charge is 0.234 e. The second kappa shape index (κ2) is 4.59. The maximum Gasteiger partial charge on any atom is 0.234 e. The summed E-state index contributed by atoms with van der Waals surface area (Å²) >= 11 is 1.86. The first-order chi connectivity index (χ1) is 5.75. The highest BCUT2D eigenvalue weighted by Gasteiger charge is 2.34. The van der Waals surface area contributed by atoms with Crippen molar-refractivity contribution in [3.05, 3.63) is 0 Å². The molecule has 0 aromatic heterocycles. The molecule has 0 bridgehead atoms. The van der Waals surface area contributed by atoms with Gasteiger partial charge in [-0.3, -0.25) is 8.32 Å². The Morgan fingerprint density at radius 3 is 2.15 bits per heavy atom. The predicted molar refractivity (Wildman–Crippen MR) is 61.6 cm³/mol. The maximum atomic E-state index is 11.5. The van der Waals surface area contributed by atoms with Crippen LogP contribution in [0.4, 0.5) is 0 Å². The van der Waals surface area contributed by atoms with Crippen LogP contribution in [0.15, 0.2) is 0 Å². The molecule has 78 valence electrons. The molecular weight excluding hydrogens is 281 g/mol. The summed E-state index contributed by atoms with van der Waals surface area (Å²) in [4.78, 5) is 11.5. The number of ether oxygens (including phenoxy) is 1. The molecule has 0 aliphatic rings. The van der Waals surface area contributed by atoms with Gasteiger partial charge in [0, 0.05) is 12.5 Å². The average molecular weight is 299 g/mol. The molecule has 0 saturated carbocycles. The lowest BCUT2D eigenvalue weighted by Crippen LogP contribution is -2.39. The van der Waals surface area contributed by atoms with Crippen molar-refractivity contribution in [1.82, 2.24) is 3.53 Å². The quantitative estimate of drug-likeness (QED) is 0.639. The van der Waals surface area contributed by atoms with Gasteiger partial charge >= 0.3 is 0 Å². The lowest BCUT2D eigenvalue weighted by Gasteiger charge is -2.32. The molecule has 0 unspecified atom stereocenters. The second-order valence-corrected chi connectivity index (χ2v) is 4.99. The first kappa shape index (κ1) is 13.2. The fourth-order valence-corrected chi connectivity index (χ4v) is 2.07. The van der Waals surface area contributed by atoms with E-state index < -0.39 is 0 Å². The molecule has 3 nitrogen and oxygen atoms in total. The van der Waals surface area contributed by atoms with Gasteiger partial charge in [-0.25, -0.2) is 0 Å². The van der Waals surface area contributed by atoms with E-state index in [2.05, 4.69) is 3.53 Å². The summed E-state index contributed by atoms with van der Waals surface area (Å²) in [5, 5.41) is 0.